The fraction of sp³-hybridized carbons (Fsp3) is 0.176. The van der Waals surface area contributed by atoms with Crippen LogP contribution in [-0.2, 0) is 19.2 Å². The van der Waals surface area contributed by atoms with Crippen LogP contribution in [0, 0.1) is 13.8 Å². The molecule has 4 aromatic rings. The maximum absolute atomic E-state index is 13.0. The van der Waals surface area contributed by atoms with Gasteiger partial charge < -0.3 is 10.6 Å². The highest BCUT2D eigenvalue weighted by Gasteiger charge is 2.25. The van der Waals surface area contributed by atoms with Crippen molar-refractivity contribution in [2.45, 2.75) is 39.8 Å². The number of Topliss-reactive ketones (excluding diaryl/α,β-unsaturated/α-hetero) is 2. The van der Waals surface area contributed by atoms with Gasteiger partial charge in [-0.15, -0.1) is 0 Å². The van der Waals surface area contributed by atoms with Crippen molar-refractivity contribution in [3.63, 3.8) is 0 Å². The fourth-order valence-electron chi connectivity index (χ4n) is 4.37. The lowest BCUT2D eigenvalue weighted by molar-refractivity contribution is -0.127. The summed E-state index contributed by atoms with van der Waals surface area (Å²) in [5, 5.41) is 22.6. The highest BCUT2D eigenvalue weighted by atomic mass is 35.5. The van der Waals surface area contributed by atoms with E-state index in [0.717, 1.165) is 22.3 Å². The van der Waals surface area contributed by atoms with Crippen LogP contribution in [-0.4, -0.2) is 35.5 Å². The van der Waals surface area contributed by atoms with Gasteiger partial charge in [-0.25, -0.2) is 0 Å². The molecule has 0 saturated heterocycles. The van der Waals surface area contributed by atoms with Gasteiger partial charge in [0.1, 0.15) is 11.4 Å². The minimum Gasteiger partial charge on any atom is -0.324 e. The highest BCUT2D eigenvalue weighted by molar-refractivity contribution is 6.36. The first-order valence-electron chi connectivity index (χ1n) is 14.3. The van der Waals surface area contributed by atoms with E-state index in [1.807, 2.05) is 38.1 Å². The molecule has 2 unspecified atom stereocenters. The number of nitrogens with zero attached hydrogens (tertiary/aromatic N) is 4. The number of nitrogens with one attached hydrogen (secondary N) is 2. The molecule has 4 rings (SSSR count). The number of ketones is 2. The second-order valence-corrected chi connectivity index (χ2v) is 12.4. The van der Waals surface area contributed by atoms with Gasteiger partial charge in [-0.1, -0.05) is 58.5 Å². The molecule has 0 heterocycles. The van der Waals surface area contributed by atoms with E-state index in [1.54, 1.807) is 24.3 Å². The first kappa shape index (κ1) is 36.4. The number of hydrogen-bond donors (Lipinski definition) is 2. The van der Waals surface area contributed by atoms with E-state index in [0.29, 0.717) is 21.4 Å². The Kier molecular flexibility index (Phi) is 12.2. The Labute approximate surface area is 296 Å². The zero-order chi connectivity index (χ0) is 35.1. The molecule has 0 aliphatic carbocycles. The van der Waals surface area contributed by atoms with Crippen molar-refractivity contribution in [3.05, 3.63) is 104 Å². The van der Waals surface area contributed by atoms with Crippen molar-refractivity contribution in [1.82, 2.24) is 0 Å². The third-order valence-electron chi connectivity index (χ3n) is 6.95. The zero-order valence-electron chi connectivity index (χ0n) is 26.0. The van der Waals surface area contributed by atoms with Gasteiger partial charge in [0, 0.05) is 21.4 Å². The lowest BCUT2D eigenvalue weighted by Gasteiger charge is -2.15. The Bertz CT molecular complexity index is 1840. The summed E-state index contributed by atoms with van der Waals surface area (Å²) in [5.41, 5.74) is 4.64. The van der Waals surface area contributed by atoms with Crippen LogP contribution in [0.1, 0.15) is 25.0 Å². The van der Waals surface area contributed by atoms with E-state index in [1.165, 1.54) is 38.1 Å². The number of halogens is 4. The van der Waals surface area contributed by atoms with Crippen LogP contribution >= 0.6 is 46.4 Å². The molecule has 2 atom stereocenters. The van der Waals surface area contributed by atoms with Crippen LogP contribution in [0.5, 0.6) is 0 Å². The zero-order valence-corrected chi connectivity index (χ0v) is 29.0. The number of rotatable bonds is 11. The smallest absolute Gasteiger partial charge is 0.258 e. The van der Waals surface area contributed by atoms with Crippen molar-refractivity contribution in [1.29, 1.82) is 0 Å². The molecule has 2 amide bonds. The maximum Gasteiger partial charge on any atom is 0.258 e. The minimum atomic E-state index is -1.39. The number of hydrogen-bond acceptors (Lipinski definition) is 8. The fourth-order valence-corrected chi connectivity index (χ4v) is 5.26. The molecule has 0 aromatic heterocycles. The number of carbonyl (C=O) groups is 4. The first-order valence-corrected chi connectivity index (χ1v) is 15.8. The van der Waals surface area contributed by atoms with E-state index in [4.69, 9.17) is 46.4 Å². The van der Waals surface area contributed by atoms with Crippen LogP contribution in [0.25, 0.3) is 11.1 Å². The third kappa shape index (κ3) is 9.32. The largest absolute Gasteiger partial charge is 0.324 e. The molecule has 0 saturated carbocycles. The Balaban J connectivity index is 1.46. The van der Waals surface area contributed by atoms with Gasteiger partial charge in [0.2, 0.25) is 12.1 Å². The topological polar surface area (TPSA) is 142 Å². The molecule has 14 heteroatoms. The van der Waals surface area contributed by atoms with Crippen molar-refractivity contribution in [2.75, 3.05) is 10.6 Å². The van der Waals surface area contributed by atoms with Crippen molar-refractivity contribution in [2.24, 2.45) is 20.5 Å². The number of carbonyl (C=O) groups excluding carboxylic acids is 4. The van der Waals surface area contributed by atoms with Gasteiger partial charge in [0.05, 0.1) is 10.0 Å². The number of anilines is 2. The molecule has 2 N–H and O–H groups in total. The van der Waals surface area contributed by atoms with E-state index in [9.17, 15) is 19.2 Å². The Morgan fingerprint density at radius 3 is 1.25 bits per heavy atom. The first-order chi connectivity index (χ1) is 22.7. The average Bonchev–Trinajstić information content (AvgIpc) is 3.01. The number of azo groups is 2. The van der Waals surface area contributed by atoms with Crippen LogP contribution in [0.15, 0.2) is 93.3 Å². The van der Waals surface area contributed by atoms with Crippen molar-refractivity contribution < 1.29 is 19.2 Å². The molecule has 0 spiro atoms. The van der Waals surface area contributed by atoms with Crippen LogP contribution < -0.4 is 10.6 Å². The monoisotopic (exact) mass is 724 g/mol. The van der Waals surface area contributed by atoms with Gasteiger partial charge in [-0.3, -0.25) is 19.2 Å². The molecule has 0 fully saturated rings. The van der Waals surface area contributed by atoms with Crippen molar-refractivity contribution >= 4 is 92.5 Å². The molecule has 48 heavy (non-hydrogen) atoms. The Morgan fingerprint density at radius 1 is 0.562 bits per heavy atom. The predicted molar refractivity (Wildman–Crippen MR) is 190 cm³/mol. The van der Waals surface area contributed by atoms with Gasteiger partial charge in [-0.2, -0.15) is 20.5 Å². The predicted octanol–water partition coefficient (Wildman–Crippen LogP) is 9.94. The second-order valence-electron chi connectivity index (χ2n) is 10.7. The SMILES string of the molecule is CC(=O)C(/N=N/c1ccc(Cl)cc1Cl)C(=O)Nc1ccc(-c2ccc(NC(=O)C(/N=N/c3ccc(Cl)cc3Cl)C(C)=O)c(C)c2)cc1C. The summed E-state index contributed by atoms with van der Waals surface area (Å²) in [7, 11) is 0. The molecule has 0 aliphatic heterocycles. The normalized spacial score (nSPS) is 12.6. The number of benzene rings is 4. The van der Waals surface area contributed by atoms with Crippen LogP contribution in [0.2, 0.25) is 20.1 Å². The standard InChI is InChI=1S/C34H28Cl4N6O4/c1-17-13-21(5-9-27(17)39-33(47)31(19(3)45)43-41-29-11-7-23(35)15-25(29)37)22-6-10-28(18(2)14-22)40-34(48)32(20(4)46)44-42-30-12-8-24(36)16-26(30)38/h5-16,31-32H,1-4H3,(H,39,47)(H,40,48)/b43-41+,44-42+. The average molecular weight is 726 g/mol. The number of amides is 2. The summed E-state index contributed by atoms with van der Waals surface area (Å²) < 4.78 is 0. The number of aryl methyl sites for hydroxylation is 2. The van der Waals surface area contributed by atoms with E-state index >= 15 is 0 Å². The van der Waals surface area contributed by atoms with Gasteiger partial charge >= 0.3 is 0 Å². The summed E-state index contributed by atoms with van der Waals surface area (Å²) in [6.07, 6.45) is 0. The molecular formula is C34H28Cl4N6O4. The van der Waals surface area contributed by atoms with Crippen LogP contribution in [0.4, 0.5) is 22.7 Å². The van der Waals surface area contributed by atoms with Gasteiger partial charge in [0.25, 0.3) is 11.8 Å². The lowest BCUT2D eigenvalue weighted by atomic mass is 9.99. The summed E-state index contributed by atoms with van der Waals surface area (Å²) in [6, 6.07) is 17.2. The molecule has 0 radical (unpaired) electrons. The molecule has 4 aromatic carbocycles. The molecule has 10 nitrogen and oxygen atoms in total. The van der Waals surface area contributed by atoms with Gasteiger partial charge in [-0.05, 0) is 111 Å². The molecule has 0 aliphatic rings. The minimum absolute atomic E-state index is 0.230. The van der Waals surface area contributed by atoms with Gasteiger partial charge in [0.15, 0.2) is 11.6 Å². The summed E-state index contributed by atoms with van der Waals surface area (Å²) in [4.78, 5) is 50.5. The summed E-state index contributed by atoms with van der Waals surface area (Å²) in [5.74, 6) is -2.30. The molecule has 246 valence electrons. The van der Waals surface area contributed by atoms with E-state index in [-0.39, 0.29) is 21.4 Å². The third-order valence-corrected chi connectivity index (χ3v) is 8.03. The molecular weight excluding hydrogens is 698 g/mol. The lowest BCUT2D eigenvalue weighted by Crippen LogP contribution is -2.32. The Morgan fingerprint density at radius 2 is 0.938 bits per heavy atom. The Hall–Kier alpha value is -4.48. The quantitative estimate of drug-likeness (QED) is 0.117. The summed E-state index contributed by atoms with van der Waals surface area (Å²) >= 11 is 24.1. The van der Waals surface area contributed by atoms with Crippen molar-refractivity contribution in [3.8, 4) is 11.1 Å². The van der Waals surface area contributed by atoms with E-state index in [2.05, 4.69) is 31.1 Å². The van der Waals surface area contributed by atoms with Crippen LogP contribution in [0.3, 0.4) is 0 Å². The van der Waals surface area contributed by atoms with E-state index < -0.39 is 35.5 Å². The highest BCUT2D eigenvalue weighted by Crippen LogP contribution is 2.31. The summed E-state index contributed by atoms with van der Waals surface area (Å²) in [6.45, 7) is 6.12. The molecule has 0 bridgehead atoms. The maximum atomic E-state index is 13.0. The second kappa shape index (κ2) is 16.1.